The van der Waals surface area contributed by atoms with Crippen LogP contribution in [0.1, 0.15) is 59.7 Å². The van der Waals surface area contributed by atoms with Crippen molar-refractivity contribution >= 4 is 63.1 Å². The van der Waals surface area contributed by atoms with Crippen molar-refractivity contribution in [2.24, 2.45) is 0 Å². The number of nitrogens with zero attached hydrogens (tertiary/aromatic N) is 3. The second-order valence-electron chi connectivity index (χ2n) is 9.58. The zero-order valence-electron chi connectivity index (χ0n) is 22.8. The third kappa shape index (κ3) is 6.52. The molecule has 5 rings (SSSR count). The number of amides is 1. The number of carbonyl (C=O) groups excluding carboxylic acids is 2. The van der Waals surface area contributed by atoms with Gasteiger partial charge in [0.15, 0.2) is 15.9 Å². The first kappa shape index (κ1) is 30.2. The van der Waals surface area contributed by atoms with Crippen LogP contribution in [0.4, 0.5) is 5.13 Å². The number of aromatic nitrogens is 2. The lowest BCUT2D eigenvalue weighted by molar-refractivity contribution is -0.117. The number of Topliss-reactive ketones (excluding diaryl/α,β-unsaturated/α-hetero) is 1. The highest BCUT2D eigenvalue weighted by Crippen LogP contribution is 2.44. The monoisotopic (exact) mass is 643 g/mol. The molecule has 0 aliphatic carbocycles. The standard InChI is InChI=1S/C30H27Cl2N3O5S2/c1-3-4-5-13-39-21-8-6-7-18(14-21)25-24(26(36)23-12-9-17(2)40-23)27(37)28(38)35(25)29-33-34-30(42-29)41-16-19-10-11-20(31)15-22(19)32/h6-12,14-15,25,37H,3-5,13,16H2,1-2H3. The fraction of sp³-hybridized carbons (Fsp3) is 0.267. The summed E-state index contributed by atoms with van der Waals surface area (Å²) in [6, 6.07) is 14.6. The van der Waals surface area contributed by atoms with Crippen molar-refractivity contribution < 1.29 is 23.8 Å². The van der Waals surface area contributed by atoms with Crippen molar-refractivity contribution in [1.82, 2.24) is 10.2 Å². The maximum atomic E-state index is 13.6. The fourth-order valence-corrected chi connectivity index (χ4v) is 6.92. The molecular weight excluding hydrogens is 617 g/mol. The van der Waals surface area contributed by atoms with Crippen molar-refractivity contribution in [1.29, 1.82) is 0 Å². The molecule has 0 saturated carbocycles. The van der Waals surface area contributed by atoms with Gasteiger partial charge < -0.3 is 14.3 Å². The molecule has 1 aliphatic rings. The van der Waals surface area contributed by atoms with Crippen LogP contribution in [-0.4, -0.2) is 33.6 Å². The van der Waals surface area contributed by atoms with Crippen molar-refractivity contribution in [2.45, 2.75) is 49.2 Å². The molecule has 4 aromatic rings. The van der Waals surface area contributed by atoms with E-state index in [-0.39, 0.29) is 16.5 Å². The Labute approximate surface area is 261 Å². The Hall–Kier alpha value is -3.31. The third-order valence-corrected chi connectivity index (χ3v) is 9.27. The maximum Gasteiger partial charge on any atom is 0.296 e. The molecule has 0 radical (unpaired) electrons. The molecule has 1 aliphatic heterocycles. The summed E-state index contributed by atoms with van der Waals surface area (Å²) in [5.74, 6) is -0.354. The van der Waals surface area contributed by atoms with Gasteiger partial charge in [-0.15, -0.1) is 10.2 Å². The highest BCUT2D eigenvalue weighted by Gasteiger charge is 2.46. The average Bonchev–Trinajstić information content (AvgIpc) is 3.69. The molecule has 0 saturated heterocycles. The van der Waals surface area contributed by atoms with E-state index in [4.69, 9.17) is 32.4 Å². The van der Waals surface area contributed by atoms with Crippen LogP contribution in [0.3, 0.4) is 0 Å². The number of aliphatic hydroxyl groups excluding tert-OH is 1. The SMILES string of the molecule is CCCCCOc1cccc(C2C(C(=O)c3ccc(C)o3)=C(O)C(=O)N2c2nnc(SCc3ccc(Cl)cc3Cl)s2)c1. The number of furan rings is 1. The molecule has 1 N–H and O–H groups in total. The molecule has 42 heavy (non-hydrogen) atoms. The highest BCUT2D eigenvalue weighted by atomic mass is 35.5. The summed E-state index contributed by atoms with van der Waals surface area (Å²) >= 11 is 14.9. The predicted octanol–water partition coefficient (Wildman–Crippen LogP) is 8.39. The Bertz CT molecular complexity index is 1650. The molecule has 218 valence electrons. The largest absolute Gasteiger partial charge is 0.503 e. The van der Waals surface area contributed by atoms with Crippen LogP contribution in [0, 0.1) is 6.92 Å². The topological polar surface area (TPSA) is 106 Å². The van der Waals surface area contributed by atoms with Crippen molar-refractivity contribution in [2.75, 3.05) is 11.5 Å². The minimum atomic E-state index is -0.980. The lowest BCUT2D eigenvalue weighted by atomic mass is 9.95. The molecule has 2 aromatic carbocycles. The molecule has 8 nitrogen and oxygen atoms in total. The quantitative estimate of drug-likeness (QED) is 0.0710. The molecule has 0 fully saturated rings. The van der Waals surface area contributed by atoms with Gasteiger partial charge in [-0.25, -0.2) is 0 Å². The first-order valence-corrected chi connectivity index (χ1v) is 15.8. The zero-order chi connectivity index (χ0) is 29.8. The lowest BCUT2D eigenvalue weighted by Gasteiger charge is -2.24. The number of ether oxygens (including phenoxy) is 1. The smallest absolute Gasteiger partial charge is 0.296 e. The Kier molecular flexibility index (Phi) is 9.57. The van der Waals surface area contributed by atoms with E-state index in [9.17, 15) is 14.7 Å². The van der Waals surface area contributed by atoms with E-state index in [2.05, 4.69) is 17.1 Å². The third-order valence-electron chi connectivity index (χ3n) is 6.58. The van der Waals surface area contributed by atoms with Crippen molar-refractivity contribution in [3.8, 4) is 5.75 Å². The van der Waals surface area contributed by atoms with E-state index in [1.54, 1.807) is 43.3 Å². The Morgan fingerprint density at radius 1 is 1.14 bits per heavy atom. The van der Waals surface area contributed by atoms with Crippen LogP contribution >= 0.6 is 46.3 Å². The van der Waals surface area contributed by atoms with Crippen LogP contribution in [0.15, 0.2) is 74.7 Å². The molecule has 1 atom stereocenters. The van der Waals surface area contributed by atoms with Gasteiger partial charge in [0.1, 0.15) is 11.5 Å². The average molecular weight is 645 g/mol. The van der Waals surface area contributed by atoms with Crippen LogP contribution < -0.4 is 9.64 Å². The van der Waals surface area contributed by atoms with Crippen LogP contribution in [0.2, 0.25) is 10.0 Å². The van der Waals surface area contributed by atoms with Gasteiger partial charge in [0.2, 0.25) is 10.9 Å². The summed E-state index contributed by atoms with van der Waals surface area (Å²) in [5.41, 5.74) is 1.34. The van der Waals surface area contributed by atoms with E-state index >= 15 is 0 Å². The maximum absolute atomic E-state index is 13.6. The van der Waals surface area contributed by atoms with E-state index in [0.29, 0.717) is 43.8 Å². The molecule has 0 spiro atoms. The normalized spacial score (nSPS) is 15.1. The number of hydrogen-bond donors (Lipinski definition) is 1. The first-order valence-electron chi connectivity index (χ1n) is 13.3. The highest BCUT2D eigenvalue weighted by molar-refractivity contribution is 8.00. The summed E-state index contributed by atoms with van der Waals surface area (Å²) in [6.45, 7) is 4.37. The summed E-state index contributed by atoms with van der Waals surface area (Å²) < 4.78 is 12.1. The lowest BCUT2D eigenvalue weighted by Crippen LogP contribution is -2.31. The number of aryl methyl sites for hydroxylation is 1. The predicted molar refractivity (Wildman–Crippen MR) is 165 cm³/mol. The molecule has 3 heterocycles. The number of aliphatic hydroxyl groups is 1. The molecule has 2 aromatic heterocycles. The zero-order valence-corrected chi connectivity index (χ0v) is 25.9. The second kappa shape index (κ2) is 13.3. The number of benzene rings is 2. The minimum absolute atomic E-state index is 0.0222. The number of thioether (sulfide) groups is 1. The number of unbranched alkanes of at least 4 members (excludes halogenated alkanes) is 2. The summed E-state index contributed by atoms with van der Waals surface area (Å²) in [4.78, 5) is 28.5. The van der Waals surface area contributed by atoms with Crippen molar-refractivity contribution in [3.05, 3.63) is 98.6 Å². The van der Waals surface area contributed by atoms with E-state index in [1.807, 2.05) is 12.1 Å². The summed E-state index contributed by atoms with van der Waals surface area (Å²) in [5, 5.41) is 20.9. The Balaban J connectivity index is 1.47. The number of rotatable bonds is 12. The molecule has 12 heteroatoms. The van der Waals surface area contributed by atoms with Gasteiger partial charge in [0, 0.05) is 15.8 Å². The first-order chi connectivity index (χ1) is 20.3. The van der Waals surface area contributed by atoms with Gasteiger partial charge in [0.25, 0.3) is 5.91 Å². The number of halogens is 2. The fourth-order valence-electron chi connectivity index (χ4n) is 4.49. The van der Waals surface area contributed by atoms with Crippen LogP contribution in [-0.2, 0) is 10.5 Å². The van der Waals surface area contributed by atoms with Crippen LogP contribution in [0.5, 0.6) is 5.75 Å². The summed E-state index contributed by atoms with van der Waals surface area (Å²) in [7, 11) is 0. The van der Waals surface area contributed by atoms with Crippen molar-refractivity contribution in [3.63, 3.8) is 0 Å². The molecule has 1 unspecified atom stereocenters. The molecular formula is C30H27Cl2N3O5S2. The number of hydrogen-bond acceptors (Lipinski definition) is 9. The number of carbonyl (C=O) groups is 2. The van der Waals surface area contributed by atoms with Gasteiger partial charge in [-0.1, -0.05) is 84.3 Å². The minimum Gasteiger partial charge on any atom is -0.503 e. The molecule has 0 bridgehead atoms. The molecule has 1 amide bonds. The van der Waals surface area contributed by atoms with E-state index < -0.39 is 23.5 Å². The van der Waals surface area contributed by atoms with Gasteiger partial charge in [-0.2, -0.15) is 0 Å². The van der Waals surface area contributed by atoms with Gasteiger partial charge in [0.05, 0.1) is 18.2 Å². The number of anilines is 1. The Morgan fingerprint density at radius 3 is 2.71 bits per heavy atom. The van der Waals surface area contributed by atoms with E-state index in [1.165, 1.54) is 34.1 Å². The van der Waals surface area contributed by atoms with E-state index in [0.717, 1.165) is 24.8 Å². The van der Waals surface area contributed by atoms with Gasteiger partial charge in [-0.3, -0.25) is 14.5 Å². The van der Waals surface area contributed by atoms with Gasteiger partial charge >= 0.3 is 0 Å². The Morgan fingerprint density at radius 2 is 1.98 bits per heavy atom. The summed E-state index contributed by atoms with van der Waals surface area (Å²) in [6.07, 6.45) is 3.02. The van der Waals surface area contributed by atoms with Gasteiger partial charge in [-0.05, 0) is 60.9 Å². The number of ketones is 1. The van der Waals surface area contributed by atoms with Crippen LogP contribution in [0.25, 0.3) is 0 Å². The second-order valence-corrected chi connectivity index (χ2v) is 12.6.